The van der Waals surface area contributed by atoms with Gasteiger partial charge in [-0.1, -0.05) is 0 Å². The lowest BCUT2D eigenvalue weighted by atomic mass is 10.3. The molecule has 2 N–H and O–H groups in total. The summed E-state index contributed by atoms with van der Waals surface area (Å²) < 4.78 is 44.6. The Morgan fingerprint density at radius 1 is 1.17 bits per heavy atom. The zero-order valence-corrected chi connectivity index (χ0v) is 11.5. The smallest absolute Gasteiger partial charge is 0.327 e. The molecule has 0 heterocycles. The second kappa shape index (κ2) is 6.14. The minimum absolute atomic E-state index is 0.582. The van der Waals surface area contributed by atoms with Gasteiger partial charge in [-0.25, -0.2) is 21.6 Å². The van der Waals surface area contributed by atoms with Gasteiger partial charge in [-0.05, 0) is 0 Å². The van der Waals surface area contributed by atoms with Crippen molar-refractivity contribution in [3.63, 3.8) is 0 Å². The highest BCUT2D eigenvalue weighted by Gasteiger charge is 2.26. The van der Waals surface area contributed by atoms with Crippen LogP contribution in [0.3, 0.4) is 0 Å². The Hall–Kier alpha value is -1.16. The third-order valence-electron chi connectivity index (χ3n) is 1.86. The number of carboxylic acid groups (broad SMARTS) is 1. The van der Waals surface area contributed by atoms with Crippen LogP contribution in [0.2, 0.25) is 0 Å². The zero-order chi connectivity index (χ0) is 14.6. The fourth-order valence-corrected chi connectivity index (χ4v) is 4.16. The molecule has 0 aromatic rings. The molecule has 1 amide bonds. The molecule has 0 unspecified atom stereocenters. The standard InChI is InChI=1S/C8H15NO7S2/c1-6(10)9-7(8(11)12)5-18(15,16)4-3-17(2,13)14/h7H,3-5H2,1-2H3,(H,9,10)(H,11,12)/t7-/m0/s1. The maximum Gasteiger partial charge on any atom is 0.327 e. The van der Waals surface area contributed by atoms with Crippen LogP contribution in [0.1, 0.15) is 6.92 Å². The molecule has 0 saturated carbocycles. The first-order valence-electron chi connectivity index (χ1n) is 4.81. The Bertz CT molecular complexity index is 520. The average molecular weight is 301 g/mol. The first-order valence-corrected chi connectivity index (χ1v) is 8.69. The Kier molecular flexibility index (Phi) is 5.74. The number of carbonyl (C=O) groups is 2. The highest BCUT2D eigenvalue weighted by molar-refractivity contribution is 7.94. The molecule has 0 aliphatic carbocycles. The van der Waals surface area contributed by atoms with Crippen LogP contribution in [-0.4, -0.2) is 63.4 Å². The van der Waals surface area contributed by atoms with Crippen LogP contribution in [0.5, 0.6) is 0 Å². The summed E-state index contributed by atoms with van der Waals surface area (Å²) in [6.07, 6.45) is 0.880. The maximum absolute atomic E-state index is 11.5. The predicted molar refractivity (Wildman–Crippen MR) is 63.6 cm³/mol. The van der Waals surface area contributed by atoms with E-state index in [0.717, 1.165) is 13.2 Å². The Morgan fingerprint density at radius 2 is 1.67 bits per heavy atom. The van der Waals surface area contributed by atoms with E-state index in [4.69, 9.17) is 5.11 Å². The van der Waals surface area contributed by atoms with Gasteiger partial charge in [0.15, 0.2) is 9.84 Å². The number of carbonyl (C=O) groups excluding carboxylic acids is 1. The largest absolute Gasteiger partial charge is 0.480 e. The number of hydrogen-bond acceptors (Lipinski definition) is 6. The lowest BCUT2D eigenvalue weighted by Gasteiger charge is -2.13. The first kappa shape index (κ1) is 16.8. The van der Waals surface area contributed by atoms with E-state index in [9.17, 15) is 26.4 Å². The van der Waals surface area contributed by atoms with Crippen LogP contribution < -0.4 is 5.32 Å². The number of rotatable bonds is 7. The van der Waals surface area contributed by atoms with Crippen molar-refractivity contribution in [3.05, 3.63) is 0 Å². The number of carboxylic acids is 1. The van der Waals surface area contributed by atoms with Gasteiger partial charge in [-0.3, -0.25) is 4.79 Å². The summed E-state index contributed by atoms with van der Waals surface area (Å²) in [5, 5.41) is 10.7. The Balaban J connectivity index is 4.72. The van der Waals surface area contributed by atoms with E-state index in [1.165, 1.54) is 0 Å². The molecule has 0 radical (unpaired) electrons. The number of amides is 1. The number of sulfone groups is 2. The normalized spacial score (nSPS) is 13.9. The molecule has 18 heavy (non-hydrogen) atoms. The van der Waals surface area contributed by atoms with Gasteiger partial charge >= 0.3 is 5.97 Å². The fourth-order valence-electron chi connectivity index (χ4n) is 1.04. The number of aliphatic carboxylic acids is 1. The molecule has 1 atom stereocenters. The third-order valence-corrected chi connectivity index (χ3v) is 4.73. The van der Waals surface area contributed by atoms with Gasteiger partial charge in [0.1, 0.15) is 15.9 Å². The maximum atomic E-state index is 11.5. The van der Waals surface area contributed by atoms with Crippen molar-refractivity contribution < 1.29 is 31.5 Å². The summed E-state index contributed by atoms with van der Waals surface area (Å²) >= 11 is 0. The minimum Gasteiger partial charge on any atom is -0.480 e. The van der Waals surface area contributed by atoms with Gasteiger partial charge in [0.25, 0.3) is 0 Å². The van der Waals surface area contributed by atoms with Crippen molar-refractivity contribution in [2.45, 2.75) is 13.0 Å². The van der Waals surface area contributed by atoms with E-state index in [1.807, 2.05) is 5.32 Å². The van der Waals surface area contributed by atoms with E-state index in [0.29, 0.717) is 0 Å². The Morgan fingerprint density at radius 3 is 2.00 bits per heavy atom. The first-order chi connectivity index (χ1) is 7.93. The van der Waals surface area contributed by atoms with Crippen molar-refractivity contribution in [1.82, 2.24) is 5.32 Å². The van der Waals surface area contributed by atoms with E-state index < -0.39 is 54.9 Å². The molecular weight excluding hydrogens is 286 g/mol. The topological polar surface area (TPSA) is 135 Å². The number of hydrogen-bond donors (Lipinski definition) is 2. The molecule has 10 heteroatoms. The number of nitrogens with one attached hydrogen (secondary N) is 1. The van der Waals surface area contributed by atoms with Gasteiger partial charge in [0, 0.05) is 13.2 Å². The summed E-state index contributed by atoms with van der Waals surface area (Å²) in [5.74, 6) is -4.26. The summed E-state index contributed by atoms with van der Waals surface area (Å²) in [5.41, 5.74) is 0. The summed E-state index contributed by atoms with van der Waals surface area (Å²) in [4.78, 5) is 21.4. The van der Waals surface area contributed by atoms with Crippen LogP contribution in [0.4, 0.5) is 0 Å². The summed E-state index contributed by atoms with van der Waals surface area (Å²) in [6, 6.07) is -1.58. The quantitative estimate of drug-likeness (QED) is 0.557. The second-order valence-corrected chi connectivity index (χ2v) is 8.32. The van der Waals surface area contributed by atoms with E-state index in [1.54, 1.807) is 0 Å². The minimum atomic E-state index is -3.88. The monoisotopic (exact) mass is 301 g/mol. The summed E-state index contributed by atoms with van der Waals surface area (Å²) in [7, 11) is -7.33. The lowest BCUT2D eigenvalue weighted by molar-refractivity contribution is -0.140. The molecule has 0 saturated heterocycles. The van der Waals surface area contributed by atoms with Gasteiger partial charge < -0.3 is 10.4 Å². The zero-order valence-electron chi connectivity index (χ0n) is 9.91. The molecular formula is C8H15NO7S2. The van der Waals surface area contributed by atoms with Crippen LogP contribution in [0, 0.1) is 0 Å². The summed E-state index contributed by atoms with van der Waals surface area (Å²) in [6.45, 7) is 1.05. The molecule has 0 aliphatic rings. The fraction of sp³-hybridized carbons (Fsp3) is 0.750. The molecule has 8 nitrogen and oxygen atoms in total. The van der Waals surface area contributed by atoms with Crippen molar-refractivity contribution in [1.29, 1.82) is 0 Å². The SMILES string of the molecule is CC(=O)N[C@@H](CS(=O)(=O)CCS(C)(=O)=O)C(=O)O. The molecule has 0 rings (SSSR count). The third kappa shape index (κ3) is 8.01. The highest BCUT2D eigenvalue weighted by atomic mass is 32.2. The van der Waals surface area contributed by atoms with Crippen molar-refractivity contribution >= 4 is 31.6 Å². The molecule has 0 aromatic carbocycles. The van der Waals surface area contributed by atoms with Crippen LogP contribution in [0.15, 0.2) is 0 Å². The van der Waals surface area contributed by atoms with Gasteiger partial charge in [-0.2, -0.15) is 0 Å². The van der Waals surface area contributed by atoms with Crippen molar-refractivity contribution in [3.8, 4) is 0 Å². The highest BCUT2D eigenvalue weighted by Crippen LogP contribution is 1.98. The van der Waals surface area contributed by atoms with Crippen molar-refractivity contribution in [2.24, 2.45) is 0 Å². The van der Waals surface area contributed by atoms with Crippen molar-refractivity contribution in [2.75, 3.05) is 23.5 Å². The predicted octanol–water partition coefficient (Wildman–Crippen LogP) is -1.96. The van der Waals surface area contributed by atoms with Gasteiger partial charge in [-0.15, -0.1) is 0 Å². The molecule has 0 bridgehead atoms. The molecule has 0 fully saturated rings. The molecule has 0 aromatic heterocycles. The van der Waals surface area contributed by atoms with E-state index >= 15 is 0 Å². The Labute approximate surface area is 105 Å². The van der Waals surface area contributed by atoms with Crippen LogP contribution in [0.25, 0.3) is 0 Å². The lowest BCUT2D eigenvalue weighted by Crippen LogP contribution is -2.45. The molecule has 0 aliphatic heterocycles. The van der Waals surface area contributed by atoms with Crippen LogP contribution >= 0.6 is 0 Å². The van der Waals surface area contributed by atoms with E-state index in [2.05, 4.69) is 0 Å². The van der Waals surface area contributed by atoms with Crippen LogP contribution in [-0.2, 0) is 29.3 Å². The molecule has 106 valence electrons. The van der Waals surface area contributed by atoms with Gasteiger partial charge in [0.05, 0.1) is 17.3 Å². The second-order valence-electron chi connectivity index (χ2n) is 3.84. The average Bonchev–Trinajstić information content (AvgIpc) is 2.11. The van der Waals surface area contributed by atoms with E-state index in [-0.39, 0.29) is 0 Å². The molecule has 0 spiro atoms. The van der Waals surface area contributed by atoms with Gasteiger partial charge in [0.2, 0.25) is 5.91 Å².